The molecule has 0 radical (unpaired) electrons. The first-order valence-electron chi connectivity index (χ1n) is 9.29. The molecule has 1 aromatic heterocycles. The molecule has 1 aliphatic heterocycles. The molecular formula is C20H28N4O. The molecule has 134 valence electrons. The Labute approximate surface area is 149 Å². The van der Waals surface area contributed by atoms with Crippen LogP contribution in [0.1, 0.15) is 49.1 Å². The predicted octanol–water partition coefficient (Wildman–Crippen LogP) is 2.90. The van der Waals surface area contributed by atoms with Crippen molar-refractivity contribution < 1.29 is 4.79 Å². The smallest absolute Gasteiger partial charge is 0.234 e. The fourth-order valence-electron chi connectivity index (χ4n) is 3.63. The summed E-state index contributed by atoms with van der Waals surface area (Å²) in [5.74, 6) is 1.09. The number of aromatic nitrogens is 2. The summed E-state index contributed by atoms with van der Waals surface area (Å²) in [6.45, 7) is 5.33. The predicted molar refractivity (Wildman–Crippen MR) is 99.5 cm³/mol. The number of carbonyl (C=O) groups excluding carboxylic acids is 1. The number of carbonyl (C=O) groups is 1. The molecule has 1 fully saturated rings. The summed E-state index contributed by atoms with van der Waals surface area (Å²) >= 11 is 0. The third kappa shape index (κ3) is 4.92. The van der Waals surface area contributed by atoms with Gasteiger partial charge in [0.1, 0.15) is 0 Å². The van der Waals surface area contributed by atoms with E-state index in [1.54, 1.807) is 0 Å². The summed E-state index contributed by atoms with van der Waals surface area (Å²) in [4.78, 5) is 14.6. The van der Waals surface area contributed by atoms with E-state index >= 15 is 0 Å². The molecule has 2 heterocycles. The van der Waals surface area contributed by atoms with Gasteiger partial charge in [-0.2, -0.15) is 5.10 Å². The number of nitrogens with zero attached hydrogens (tertiary/aromatic N) is 2. The SMILES string of the molecule is CC[C@@H](CNC(=O)CN1CCC(c2cn[nH]c2)CC1)c1ccccc1. The van der Waals surface area contributed by atoms with E-state index in [1.165, 1.54) is 11.1 Å². The third-order valence-electron chi connectivity index (χ3n) is 5.25. The molecule has 1 amide bonds. The van der Waals surface area contributed by atoms with Gasteiger partial charge in [0.15, 0.2) is 0 Å². The van der Waals surface area contributed by atoms with Crippen LogP contribution in [-0.4, -0.2) is 47.2 Å². The number of aromatic amines is 1. The Morgan fingerprint density at radius 1 is 1.32 bits per heavy atom. The van der Waals surface area contributed by atoms with Crippen molar-refractivity contribution in [1.82, 2.24) is 20.4 Å². The molecule has 1 saturated heterocycles. The first kappa shape index (κ1) is 17.7. The Kier molecular flexibility index (Phi) is 6.23. The number of H-pyrrole nitrogens is 1. The van der Waals surface area contributed by atoms with Crippen LogP contribution in [0.3, 0.4) is 0 Å². The molecular weight excluding hydrogens is 312 g/mol. The number of hydrogen-bond acceptors (Lipinski definition) is 3. The van der Waals surface area contributed by atoms with Crippen LogP contribution in [0.15, 0.2) is 42.7 Å². The lowest BCUT2D eigenvalue weighted by Crippen LogP contribution is -2.42. The van der Waals surface area contributed by atoms with Gasteiger partial charge in [-0.05, 0) is 49.4 Å². The number of nitrogens with one attached hydrogen (secondary N) is 2. The number of benzene rings is 1. The van der Waals surface area contributed by atoms with Crippen molar-refractivity contribution in [3.63, 3.8) is 0 Å². The zero-order valence-electron chi connectivity index (χ0n) is 14.9. The van der Waals surface area contributed by atoms with Gasteiger partial charge in [0.2, 0.25) is 5.91 Å². The minimum atomic E-state index is 0.135. The number of rotatable bonds is 7. The van der Waals surface area contributed by atoms with Crippen LogP contribution in [0, 0.1) is 0 Å². The molecule has 0 unspecified atom stereocenters. The number of hydrogen-bond donors (Lipinski definition) is 2. The van der Waals surface area contributed by atoms with E-state index in [1.807, 2.05) is 18.5 Å². The van der Waals surface area contributed by atoms with E-state index in [0.717, 1.165) is 32.4 Å². The second kappa shape index (κ2) is 8.81. The molecule has 0 saturated carbocycles. The maximum Gasteiger partial charge on any atom is 0.234 e. The Morgan fingerprint density at radius 2 is 2.08 bits per heavy atom. The van der Waals surface area contributed by atoms with Crippen molar-refractivity contribution in [3.8, 4) is 0 Å². The van der Waals surface area contributed by atoms with Gasteiger partial charge in [0, 0.05) is 18.7 Å². The molecule has 0 bridgehead atoms. The van der Waals surface area contributed by atoms with E-state index in [4.69, 9.17) is 0 Å². The second-order valence-electron chi connectivity index (χ2n) is 6.90. The van der Waals surface area contributed by atoms with Gasteiger partial charge in [-0.3, -0.25) is 14.8 Å². The third-order valence-corrected chi connectivity index (χ3v) is 5.25. The maximum atomic E-state index is 12.3. The minimum absolute atomic E-state index is 0.135. The summed E-state index contributed by atoms with van der Waals surface area (Å²) in [5, 5.41) is 10.0. The van der Waals surface area contributed by atoms with E-state index in [9.17, 15) is 4.79 Å². The van der Waals surface area contributed by atoms with Crippen LogP contribution >= 0.6 is 0 Å². The average Bonchev–Trinajstić information content (AvgIpc) is 3.18. The van der Waals surface area contributed by atoms with E-state index in [-0.39, 0.29) is 5.91 Å². The van der Waals surface area contributed by atoms with Gasteiger partial charge in [-0.1, -0.05) is 37.3 Å². The molecule has 5 nitrogen and oxygen atoms in total. The molecule has 25 heavy (non-hydrogen) atoms. The molecule has 1 aliphatic rings. The van der Waals surface area contributed by atoms with Crippen molar-refractivity contribution in [2.75, 3.05) is 26.2 Å². The van der Waals surface area contributed by atoms with Gasteiger partial charge in [-0.25, -0.2) is 0 Å². The molecule has 0 aliphatic carbocycles. The molecule has 1 aromatic carbocycles. The van der Waals surface area contributed by atoms with E-state index in [2.05, 4.69) is 51.6 Å². The van der Waals surface area contributed by atoms with Crippen LogP contribution in [-0.2, 0) is 4.79 Å². The highest BCUT2D eigenvalue weighted by molar-refractivity contribution is 5.78. The van der Waals surface area contributed by atoms with E-state index < -0.39 is 0 Å². The molecule has 5 heteroatoms. The summed E-state index contributed by atoms with van der Waals surface area (Å²) in [7, 11) is 0. The quantitative estimate of drug-likeness (QED) is 0.815. The van der Waals surface area contributed by atoms with Crippen molar-refractivity contribution in [2.24, 2.45) is 0 Å². The summed E-state index contributed by atoms with van der Waals surface area (Å²) in [5.41, 5.74) is 2.59. The summed E-state index contributed by atoms with van der Waals surface area (Å²) < 4.78 is 0. The standard InChI is InChI=1S/C20H28N4O/c1-2-16(17-6-4-3-5-7-17)12-21-20(25)15-24-10-8-18(9-11-24)19-13-22-23-14-19/h3-7,13-14,16,18H,2,8-12,15H2,1H3,(H,21,25)(H,22,23)/t16-/m0/s1. The van der Waals surface area contributed by atoms with Crippen LogP contribution in [0.2, 0.25) is 0 Å². The van der Waals surface area contributed by atoms with Crippen LogP contribution in [0.4, 0.5) is 0 Å². The first-order chi connectivity index (χ1) is 12.3. The highest BCUT2D eigenvalue weighted by atomic mass is 16.2. The van der Waals surface area contributed by atoms with E-state index in [0.29, 0.717) is 24.9 Å². The van der Waals surface area contributed by atoms with Crippen LogP contribution in [0.5, 0.6) is 0 Å². The Balaban J connectivity index is 1.41. The van der Waals surface area contributed by atoms with Gasteiger partial charge >= 0.3 is 0 Å². The Hall–Kier alpha value is -2.14. The van der Waals surface area contributed by atoms with Gasteiger partial charge in [0.25, 0.3) is 0 Å². The maximum absolute atomic E-state index is 12.3. The lowest BCUT2D eigenvalue weighted by atomic mass is 9.91. The zero-order chi connectivity index (χ0) is 17.5. The van der Waals surface area contributed by atoms with Crippen molar-refractivity contribution in [2.45, 2.75) is 38.0 Å². The number of piperidine rings is 1. The first-order valence-corrected chi connectivity index (χ1v) is 9.29. The normalized spacial score (nSPS) is 17.3. The number of likely N-dealkylation sites (tertiary alicyclic amines) is 1. The van der Waals surface area contributed by atoms with Gasteiger partial charge in [0.05, 0.1) is 12.7 Å². The lowest BCUT2D eigenvalue weighted by Gasteiger charge is -2.31. The summed E-state index contributed by atoms with van der Waals surface area (Å²) in [6, 6.07) is 10.4. The molecule has 2 N–H and O–H groups in total. The fourth-order valence-corrected chi connectivity index (χ4v) is 3.63. The van der Waals surface area contributed by atoms with Crippen molar-refractivity contribution in [3.05, 3.63) is 53.9 Å². The monoisotopic (exact) mass is 340 g/mol. The van der Waals surface area contributed by atoms with Crippen molar-refractivity contribution >= 4 is 5.91 Å². The Morgan fingerprint density at radius 3 is 2.72 bits per heavy atom. The molecule has 0 spiro atoms. The summed E-state index contributed by atoms with van der Waals surface area (Å²) in [6.07, 6.45) is 7.12. The second-order valence-corrected chi connectivity index (χ2v) is 6.90. The fraction of sp³-hybridized carbons (Fsp3) is 0.500. The highest BCUT2D eigenvalue weighted by Gasteiger charge is 2.22. The Bertz CT molecular complexity index is 633. The highest BCUT2D eigenvalue weighted by Crippen LogP contribution is 2.26. The van der Waals surface area contributed by atoms with Gasteiger partial charge in [-0.15, -0.1) is 0 Å². The van der Waals surface area contributed by atoms with Gasteiger partial charge < -0.3 is 5.32 Å². The zero-order valence-corrected chi connectivity index (χ0v) is 14.9. The van der Waals surface area contributed by atoms with Crippen LogP contribution < -0.4 is 5.32 Å². The molecule has 1 atom stereocenters. The lowest BCUT2D eigenvalue weighted by molar-refractivity contribution is -0.122. The van der Waals surface area contributed by atoms with Crippen molar-refractivity contribution in [1.29, 1.82) is 0 Å². The van der Waals surface area contributed by atoms with Crippen LogP contribution in [0.25, 0.3) is 0 Å². The molecule has 2 aromatic rings. The topological polar surface area (TPSA) is 61.0 Å². The molecule has 3 rings (SSSR count). The minimum Gasteiger partial charge on any atom is -0.354 e. The average molecular weight is 340 g/mol. The number of amides is 1. The largest absolute Gasteiger partial charge is 0.354 e.